The molecular weight excluding hydrogens is 320 g/mol. The van der Waals surface area contributed by atoms with Crippen molar-refractivity contribution < 1.29 is 23.9 Å². The van der Waals surface area contributed by atoms with E-state index in [9.17, 15) is 14.4 Å². The van der Waals surface area contributed by atoms with Gasteiger partial charge in [-0.3, -0.25) is 14.4 Å². The summed E-state index contributed by atoms with van der Waals surface area (Å²) in [5.74, 6) is -0.264. The molecule has 0 N–H and O–H groups in total. The molecular formula is C20H26O5. The van der Waals surface area contributed by atoms with Crippen molar-refractivity contribution in [3.05, 3.63) is 35.4 Å². The zero-order chi connectivity index (χ0) is 18.4. The normalized spacial score (nSPS) is 19.3. The lowest BCUT2D eigenvalue weighted by atomic mass is 9.78. The van der Waals surface area contributed by atoms with Gasteiger partial charge < -0.3 is 9.47 Å². The first-order valence-electron chi connectivity index (χ1n) is 8.68. The molecule has 1 unspecified atom stereocenters. The molecule has 25 heavy (non-hydrogen) atoms. The van der Waals surface area contributed by atoms with Crippen LogP contribution in [0.4, 0.5) is 0 Å². The predicted molar refractivity (Wildman–Crippen MR) is 93.1 cm³/mol. The third kappa shape index (κ3) is 4.47. The van der Waals surface area contributed by atoms with Gasteiger partial charge in [-0.25, -0.2) is 0 Å². The Morgan fingerprint density at radius 2 is 1.84 bits per heavy atom. The average molecular weight is 346 g/mol. The van der Waals surface area contributed by atoms with Crippen LogP contribution in [-0.2, 0) is 35.7 Å². The molecule has 1 aliphatic rings. The molecule has 2 atom stereocenters. The highest BCUT2D eigenvalue weighted by atomic mass is 16.5. The Kier molecular flexibility index (Phi) is 6.34. The van der Waals surface area contributed by atoms with Gasteiger partial charge >= 0.3 is 11.9 Å². The molecule has 0 amide bonds. The number of carbonyl (C=O) groups is 3. The molecule has 0 saturated heterocycles. The number of benzene rings is 1. The Hall–Kier alpha value is -2.17. The first-order chi connectivity index (χ1) is 11.9. The molecule has 5 heteroatoms. The first kappa shape index (κ1) is 19.2. The second-order valence-corrected chi connectivity index (χ2v) is 6.86. The highest BCUT2D eigenvalue weighted by Gasteiger charge is 2.37. The lowest BCUT2D eigenvalue weighted by Gasteiger charge is -2.27. The molecule has 0 heterocycles. The van der Waals surface area contributed by atoms with Gasteiger partial charge in [0.15, 0.2) is 0 Å². The van der Waals surface area contributed by atoms with Gasteiger partial charge in [-0.1, -0.05) is 24.3 Å². The minimum atomic E-state index is -0.912. The molecule has 0 radical (unpaired) electrons. The van der Waals surface area contributed by atoms with Crippen molar-refractivity contribution in [2.75, 3.05) is 14.2 Å². The summed E-state index contributed by atoms with van der Waals surface area (Å²) in [5, 5.41) is 0. The zero-order valence-corrected chi connectivity index (χ0v) is 15.2. The number of methoxy groups -OCH3 is 2. The summed E-state index contributed by atoms with van der Waals surface area (Å²) in [4.78, 5) is 35.6. The summed E-state index contributed by atoms with van der Waals surface area (Å²) >= 11 is 0. The lowest BCUT2D eigenvalue weighted by Crippen LogP contribution is -2.34. The van der Waals surface area contributed by atoms with Gasteiger partial charge in [-0.2, -0.15) is 0 Å². The average Bonchev–Trinajstić information content (AvgIpc) is 3.03. The van der Waals surface area contributed by atoms with E-state index in [1.807, 2.05) is 24.3 Å². The second-order valence-electron chi connectivity index (χ2n) is 6.86. The fourth-order valence-electron chi connectivity index (χ4n) is 3.44. The maximum Gasteiger partial charge on any atom is 0.316 e. The van der Waals surface area contributed by atoms with Crippen molar-refractivity contribution in [2.45, 2.75) is 50.9 Å². The quantitative estimate of drug-likeness (QED) is 0.710. The maximum absolute atomic E-state index is 12.3. The van der Waals surface area contributed by atoms with Crippen LogP contribution in [0.3, 0.4) is 0 Å². The van der Waals surface area contributed by atoms with Crippen LogP contribution < -0.4 is 0 Å². The fraction of sp³-hybridized carbons (Fsp3) is 0.550. The minimum absolute atomic E-state index is 0.122. The SMILES string of the molecule is COC(=O)CC[C@](C)(C(=O)OC)c1ccc(CC2CCCC2=O)cc1. The topological polar surface area (TPSA) is 69.7 Å². The number of esters is 2. The Morgan fingerprint density at radius 3 is 2.36 bits per heavy atom. The van der Waals surface area contributed by atoms with E-state index in [0.29, 0.717) is 18.6 Å². The van der Waals surface area contributed by atoms with E-state index in [1.54, 1.807) is 6.92 Å². The van der Waals surface area contributed by atoms with E-state index >= 15 is 0 Å². The van der Waals surface area contributed by atoms with E-state index in [-0.39, 0.29) is 24.3 Å². The molecule has 1 aromatic rings. The lowest BCUT2D eigenvalue weighted by molar-refractivity contribution is -0.148. The molecule has 0 aromatic heterocycles. The molecule has 1 aromatic carbocycles. The monoisotopic (exact) mass is 346 g/mol. The molecule has 0 bridgehead atoms. The Balaban J connectivity index is 2.15. The standard InChI is InChI=1S/C20H26O5/c1-20(19(23)25-3,12-11-18(22)24-2)16-9-7-14(8-10-16)13-15-5-4-6-17(15)21/h7-10,15H,4-6,11-13H2,1-3H3/t15?,20-/m0/s1. The van der Waals surface area contributed by atoms with E-state index < -0.39 is 5.41 Å². The molecule has 1 saturated carbocycles. The third-order valence-corrected chi connectivity index (χ3v) is 5.20. The minimum Gasteiger partial charge on any atom is -0.469 e. The van der Waals surface area contributed by atoms with Crippen LogP contribution in [0.2, 0.25) is 0 Å². The zero-order valence-electron chi connectivity index (χ0n) is 15.2. The first-order valence-corrected chi connectivity index (χ1v) is 8.68. The van der Waals surface area contributed by atoms with Gasteiger partial charge in [0.2, 0.25) is 0 Å². The van der Waals surface area contributed by atoms with E-state index in [4.69, 9.17) is 4.74 Å². The largest absolute Gasteiger partial charge is 0.469 e. The van der Waals surface area contributed by atoms with E-state index in [2.05, 4.69) is 4.74 Å². The highest BCUT2D eigenvalue weighted by Crippen LogP contribution is 2.32. The van der Waals surface area contributed by atoms with Gasteiger partial charge in [0.25, 0.3) is 0 Å². The Morgan fingerprint density at radius 1 is 1.16 bits per heavy atom. The number of carbonyl (C=O) groups excluding carboxylic acids is 3. The molecule has 2 rings (SSSR count). The Bertz CT molecular complexity index is 634. The number of rotatable bonds is 7. The smallest absolute Gasteiger partial charge is 0.316 e. The van der Waals surface area contributed by atoms with Crippen molar-refractivity contribution >= 4 is 17.7 Å². The van der Waals surface area contributed by atoms with Crippen LogP contribution >= 0.6 is 0 Å². The van der Waals surface area contributed by atoms with Crippen LogP contribution in [0.15, 0.2) is 24.3 Å². The van der Waals surface area contributed by atoms with Crippen LogP contribution in [0.25, 0.3) is 0 Å². The van der Waals surface area contributed by atoms with Gasteiger partial charge in [0.05, 0.1) is 19.6 Å². The molecule has 1 aliphatic carbocycles. The van der Waals surface area contributed by atoms with Gasteiger partial charge in [-0.15, -0.1) is 0 Å². The number of hydrogen-bond donors (Lipinski definition) is 0. The van der Waals surface area contributed by atoms with Gasteiger partial charge in [-0.05, 0) is 43.7 Å². The van der Waals surface area contributed by atoms with Crippen LogP contribution in [0.1, 0.15) is 50.2 Å². The summed E-state index contributed by atoms with van der Waals surface area (Å²) in [6.07, 6.45) is 3.83. The number of Topliss-reactive ketones (excluding diaryl/α,β-unsaturated/α-hetero) is 1. The van der Waals surface area contributed by atoms with Crippen LogP contribution in [0.5, 0.6) is 0 Å². The highest BCUT2D eigenvalue weighted by molar-refractivity contribution is 5.84. The summed E-state index contributed by atoms with van der Waals surface area (Å²) < 4.78 is 9.63. The van der Waals surface area contributed by atoms with Crippen molar-refractivity contribution in [3.63, 3.8) is 0 Å². The fourth-order valence-corrected chi connectivity index (χ4v) is 3.44. The van der Waals surface area contributed by atoms with Crippen molar-refractivity contribution in [1.82, 2.24) is 0 Å². The predicted octanol–water partition coefficient (Wildman–Crippen LogP) is 2.98. The van der Waals surface area contributed by atoms with Crippen molar-refractivity contribution in [2.24, 2.45) is 5.92 Å². The second kappa shape index (κ2) is 8.28. The summed E-state index contributed by atoms with van der Waals surface area (Å²) in [6, 6.07) is 7.70. The van der Waals surface area contributed by atoms with E-state index in [0.717, 1.165) is 30.4 Å². The third-order valence-electron chi connectivity index (χ3n) is 5.20. The molecule has 0 spiro atoms. The molecule has 136 valence electrons. The summed E-state index contributed by atoms with van der Waals surface area (Å²) in [6.45, 7) is 1.78. The van der Waals surface area contributed by atoms with Crippen LogP contribution in [0, 0.1) is 5.92 Å². The van der Waals surface area contributed by atoms with Gasteiger partial charge in [0.1, 0.15) is 5.78 Å². The summed E-state index contributed by atoms with van der Waals surface area (Å²) in [5.41, 5.74) is 0.971. The maximum atomic E-state index is 12.3. The number of ether oxygens (including phenoxy) is 2. The Labute approximate surface area is 148 Å². The molecule has 0 aliphatic heterocycles. The van der Waals surface area contributed by atoms with E-state index in [1.165, 1.54) is 14.2 Å². The van der Waals surface area contributed by atoms with Gasteiger partial charge in [0, 0.05) is 18.8 Å². The molecule has 5 nitrogen and oxygen atoms in total. The van der Waals surface area contributed by atoms with Crippen LogP contribution in [-0.4, -0.2) is 31.9 Å². The number of ketones is 1. The summed E-state index contributed by atoms with van der Waals surface area (Å²) in [7, 11) is 2.68. The molecule has 1 fully saturated rings. The van der Waals surface area contributed by atoms with Crippen molar-refractivity contribution in [3.8, 4) is 0 Å². The number of hydrogen-bond acceptors (Lipinski definition) is 5. The van der Waals surface area contributed by atoms with Crippen molar-refractivity contribution in [1.29, 1.82) is 0 Å².